The second-order valence-electron chi connectivity index (χ2n) is 6.48. The number of rotatable bonds is 5. The number of hydrogen-bond acceptors (Lipinski definition) is 6. The predicted molar refractivity (Wildman–Crippen MR) is 112 cm³/mol. The van der Waals surface area contributed by atoms with Gasteiger partial charge in [0.05, 0.1) is 23.4 Å². The summed E-state index contributed by atoms with van der Waals surface area (Å²) >= 11 is 6.62. The summed E-state index contributed by atoms with van der Waals surface area (Å²) in [7, 11) is 1.29. The molecule has 0 saturated carbocycles. The van der Waals surface area contributed by atoms with Crippen LogP contribution in [0, 0.1) is 5.82 Å². The SMILES string of the molecule is COc1nc(-c2cccc(-c3ccn4c(=O)c(C=O)cnc4c3)c2Cl)cc(F)c1C=O. The van der Waals surface area contributed by atoms with Gasteiger partial charge in [-0.25, -0.2) is 14.4 Å². The highest BCUT2D eigenvalue weighted by molar-refractivity contribution is 6.36. The van der Waals surface area contributed by atoms with Crippen LogP contribution in [0.15, 0.2) is 53.6 Å². The highest BCUT2D eigenvalue weighted by Crippen LogP contribution is 2.37. The van der Waals surface area contributed by atoms with Crippen LogP contribution in [-0.2, 0) is 0 Å². The van der Waals surface area contributed by atoms with Crippen LogP contribution in [0.5, 0.6) is 5.88 Å². The zero-order valence-corrected chi connectivity index (χ0v) is 16.8. The van der Waals surface area contributed by atoms with Gasteiger partial charge in [0.2, 0.25) is 5.88 Å². The van der Waals surface area contributed by atoms with Crippen LogP contribution < -0.4 is 10.3 Å². The molecular weight excluding hydrogens is 425 g/mol. The molecule has 0 atom stereocenters. The Labute approximate surface area is 179 Å². The van der Waals surface area contributed by atoms with Gasteiger partial charge in [0.25, 0.3) is 5.56 Å². The molecule has 31 heavy (non-hydrogen) atoms. The van der Waals surface area contributed by atoms with Crippen molar-refractivity contribution in [1.82, 2.24) is 14.4 Å². The number of methoxy groups -OCH3 is 1. The van der Waals surface area contributed by atoms with Gasteiger partial charge in [-0.15, -0.1) is 0 Å². The fraction of sp³-hybridized carbons (Fsp3) is 0.0455. The summed E-state index contributed by atoms with van der Waals surface area (Å²) in [6.07, 6.45) is 3.49. The van der Waals surface area contributed by atoms with Crippen molar-refractivity contribution < 1.29 is 18.7 Å². The first-order valence-electron chi connectivity index (χ1n) is 8.94. The minimum Gasteiger partial charge on any atom is -0.480 e. The third-order valence-electron chi connectivity index (χ3n) is 4.73. The Kier molecular flexibility index (Phi) is 5.31. The average molecular weight is 438 g/mol. The molecule has 0 amide bonds. The number of aldehydes is 2. The molecule has 0 N–H and O–H groups in total. The van der Waals surface area contributed by atoms with E-state index in [1.165, 1.54) is 23.9 Å². The molecule has 154 valence electrons. The number of aromatic nitrogens is 3. The van der Waals surface area contributed by atoms with Gasteiger partial charge in [-0.05, 0) is 17.7 Å². The first-order chi connectivity index (χ1) is 15.0. The molecule has 7 nitrogen and oxygen atoms in total. The van der Waals surface area contributed by atoms with Crippen molar-refractivity contribution in [3.8, 4) is 28.3 Å². The van der Waals surface area contributed by atoms with E-state index in [1.807, 2.05) is 0 Å². The van der Waals surface area contributed by atoms with Crippen molar-refractivity contribution >= 4 is 29.8 Å². The van der Waals surface area contributed by atoms with E-state index in [0.29, 0.717) is 34.9 Å². The molecule has 0 radical (unpaired) electrons. The summed E-state index contributed by atoms with van der Waals surface area (Å²) in [6.45, 7) is 0. The standard InChI is InChI=1S/C22H13ClFN3O4/c1-31-21-16(11-29)17(24)8-18(26-21)15-4-2-3-14(20(15)23)12-5-6-27-19(7-12)25-9-13(10-28)22(27)30/h2-11H,1H3. The van der Waals surface area contributed by atoms with Crippen molar-refractivity contribution in [1.29, 1.82) is 0 Å². The van der Waals surface area contributed by atoms with Gasteiger partial charge in [0.1, 0.15) is 17.0 Å². The van der Waals surface area contributed by atoms with Gasteiger partial charge in [0.15, 0.2) is 12.6 Å². The summed E-state index contributed by atoms with van der Waals surface area (Å²) < 4.78 is 20.6. The molecule has 0 aliphatic carbocycles. The Hall–Kier alpha value is -3.91. The van der Waals surface area contributed by atoms with Gasteiger partial charge < -0.3 is 4.74 Å². The number of benzene rings is 1. The maximum Gasteiger partial charge on any atom is 0.268 e. The fourth-order valence-corrected chi connectivity index (χ4v) is 3.52. The van der Waals surface area contributed by atoms with Crippen LogP contribution in [-0.4, -0.2) is 34.1 Å². The molecule has 9 heteroatoms. The Morgan fingerprint density at radius 2 is 1.90 bits per heavy atom. The van der Waals surface area contributed by atoms with Crippen LogP contribution in [0.2, 0.25) is 5.02 Å². The number of pyridine rings is 2. The molecule has 0 bridgehead atoms. The molecule has 3 aromatic heterocycles. The lowest BCUT2D eigenvalue weighted by molar-refractivity contribution is 0.111. The second kappa shape index (κ2) is 8.08. The molecule has 4 rings (SSSR count). The quantitative estimate of drug-likeness (QED) is 0.440. The van der Waals surface area contributed by atoms with E-state index in [9.17, 15) is 18.8 Å². The van der Waals surface area contributed by atoms with Gasteiger partial charge in [-0.3, -0.25) is 18.8 Å². The van der Waals surface area contributed by atoms with E-state index >= 15 is 0 Å². The van der Waals surface area contributed by atoms with Crippen molar-refractivity contribution in [3.05, 3.63) is 81.1 Å². The first kappa shape index (κ1) is 20.4. The van der Waals surface area contributed by atoms with E-state index < -0.39 is 11.4 Å². The van der Waals surface area contributed by atoms with Gasteiger partial charge in [-0.2, -0.15) is 0 Å². The smallest absolute Gasteiger partial charge is 0.268 e. The molecule has 4 aromatic rings. The summed E-state index contributed by atoms with van der Waals surface area (Å²) in [4.78, 5) is 42.6. The van der Waals surface area contributed by atoms with Crippen molar-refractivity contribution in [2.75, 3.05) is 7.11 Å². The topological polar surface area (TPSA) is 90.6 Å². The van der Waals surface area contributed by atoms with Crippen LogP contribution in [0.25, 0.3) is 28.0 Å². The van der Waals surface area contributed by atoms with Crippen molar-refractivity contribution in [3.63, 3.8) is 0 Å². The third kappa shape index (κ3) is 3.47. The molecule has 1 aromatic carbocycles. The lowest BCUT2D eigenvalue weighted by Gasteiger charge is -2.12. The summed E-state index contributed by atoms with van der Waals surface area (Å²) in [5.74, 6) is -0.926. The average Bonchev–Trinajstić information content (AvgIpc) is 2.78. The molecule has 0 unspecified atom stereocenters. The largest absolute Gasteiger partial charge is 0.480 e. The highest BCUT2D eigenvalue weighted by atomic mass is 35.5. The Morgan fingerprint density at radius 3 is 2.61 bits per heavy atom. The third-order valence-corrected chi connectivity index (χ3v) is 5.14. The monoisotopic (exact) mass is 437 g/mol. The Balaban J connectivity index is 1.87. The number of hydrogen-bond donors (Lipinski definition) is 0. The number of carbonyl (C=O) groups is 2. The summed E-state index contributed by atoms with van der Waals surface area (Å²) in [6, 6.07) is 9.54. The molecule has 0 spiro atoms. The zero-order valence-electron chi connectivity index (χ0n) is 16.0. The molecular formula is C22H13ClFN3O4. The zero-order chi connectivity index (χ0) is 22.1. The Bertz CT molecular complexity index is 1420. The van der Waals surface area contributed by atoms with Crippen molar-refractivity contribution in [2.45, 2.75) is 0 Å². The molecule has 3 heterocycles. The predicted octanol–water partition coefficient (Wildman–Crippen LogP) is 3.85. The van der Waals surface area contributed by atoms with Crippen molar-refractivity contribution in [2.24, 2.45) is 0 Å². The minimum atomic E-state index is -0.779. The van der Waals surface area contributed by atoms with Crippen LogP contribution >= 0.6 is 11.6 Å². The second-order valence-corrected chi connectivity index (χ2v) is 6.86. The number of ether oxygens (including phenoxy) is 1. The summed E-state index contributed by atoms with van der Waals surface area (Å²) in [5, 5.41) is 0.284. The number of fused-ring (bicyclic) bond motifs is 1. The minimum absolute atomic E-state index is 0.0499. The van der Waals surface area contributed by atoms with Crippen LogP contribution in [0.4, 0.5) is 4.39 Å². The number of nitrogens with zero attached hydrogens (tertiary/aromatic N) is 3. The maximum absolute atomic E-state index is 14.4. The Morgan fingerprint density at radius 1 is 1.13 bits per heavy atom. The van der Waals surface area contributed by atoms with E-state index in [4.69, 9.17) is 16.3 Å². The first-order valence-corrected chi connectivity index (χ1v) is 9.32. The lowest BCUT2D eigenvalue weighted by atomic mass is 10.0. The van der Waals surface area contributed by atoms with E-state index in [2.05, 4.69) is 9.97 Å². The molecule has 0 aliphatic heterocycles. The van der Waals surface area contributed by atoms with E-state index in [-0.39, 0.29) is 27.7 Å². The lowest BCUT2D eigenvalue weighted by Crippen LogP contribution is -2.18. The van der Waals surface area contributed by atoms with E-state index in [0.717, 1.165) is 6.07 Å². The highest BCUT2D eigenvalue weighted by Gasteiger charge is 2.17. The van der Waals surface area contributed by atoms with E-state index in [1.54, 1.807) is 30.3 Å². The fourth-order valence-electron chi connectivity index (χ4n) is 3.19. The van der Waals surface area contributed by atoms with Gasteiger partial charge in [-0.1, -0.05) is 29.8 Å². The van der Waals surface area contributed by atoms with Gasteiger partial charge >= 0.3 is 0 Å². The molecule has 0 fully saturated rings. The molecule has 0 aliphatic rings. The van der Waals surface area contributed by atoms with Crippen LogP contribution in [0.1, 0.15) is 20.7 Å². The van der Waals surface area contributed by atoms with Gasteiger partial charge in [0, 0.05) is 29.6 Å². The normalized spacial score (nSPS) is 10.8. The summed E-state index contributed by atoms with van der Waals surface area (Å²) in [5.41, 5.74) is 1.38. The number of halogens is 2. The van der Waals surface area contributed by atoms with Crippen LogP contribution in [0.3, 0.4) is 0 Å². The molecule has 0 saturated heterocycles. The number of carbonyl (C=O) groups excluding carboxylic acids is 2. The maximum atomic E-state index is 14.4.